The molecule has 10 nitrogen and oxygen atoms in total. The monoisotopic (exact) mass is 535 g/mol. The van der Waals surface area contributed by atoms with Crippen LogP contribution in [0.2, 0.25) is 0 Å². The van der Waals surface area contributed by atoms with Gasteiger partial charge in [-0.2, -0.15) is 0 Å². The highest BCUT2D eigenvalue weighted by molar-refractivity contribution is 6.05. The summed E-state index contributed by atoms with van der Waals surface area (Å²) < 4.78 is 16.8. The normalized spacial score (nSPS) is 20.9. The summed E-state index contributed by atoms with van der Waals surface area (Å²) >= 11 is 0. The summed E-state index contributed by atoms with van der Waals surface area (Å²) in [5.41, 5.74) is 2.14. The Morgan fingerprint density at radius 2 is 1.74 bits per heavy atom. The Morgan fingerprint density at radius 1 is 0.974 bits per heavy atom. The van der Waals surface area contributed by atoms with E-state index in [1.165, 1.54) is 4.90 Å². The van der Waals surface area contributed by atoms with E-state index < -0.39 is 11.9 Å². The third kappa shape index (κ3) is 5.69. The Kier molecular flexibility index (Phi) is 7.72. The van der Waals surface area contributed by atoms with Crippen LogP contribution >= 0.6 is 0 Å². The Bertz CT molecular complexity index is 1270. The summed E-state index contributed by atoms with van der Waals surface area (Å²) in [5, 5.41) is 2.32. The molecule has 0 aromatic heterocycles. The first-order chi connectivity index (χ1) is 18.9. The lowest BCUT2D eigenvalue weighted by molar-refractivity contribution is -0.137. The van der Waals surface area contributed by atoms with Crippen LogP contribution in [-0.2, 0) is 27.3 Å². The van der Waals surface area contributed by atoms with Gasteiger partial charge in [-0.3, -0.25) is 24.5 Å². The van der Waals surface area contributed by atoms with E-state index in [2.05, 4.69) is 5.32 Å². The van der Waals surface area contributed by atoms with E-state index in [0.29, 0.717) is 42.4 Å². The zero-order valence-corrected chi connectivity index (χ0v) is 22.2. The number of amides is 4. The second-order valence-electron chi connectivity index (χ2n) is 10.2. The van der Waals surface area contributed by atoms with Crippen LogP contribution in [0.4, 0.5) is 0 Å². The molecule has 206 valence electrons. The number of carbonyl (C=O) groups is 4. The van der Waals surface area contributed by atoms with E-state index in [1.54, 1.807) is 32.4 Å². The standard InChI is InChI=1S/C29H33N3O7/c1-37-22-11-18(12-23(15-22)38-2)13-27(34)31-10-4-3-5-20(31)17-39-21-6-7-24-19(14-21)16-32(29(24)36)25-8-9-26(33)30-28(25)35/h6-7,11-12,14-15,20,25H,3-5,8-10,13,16-17H2,1-2H3,(H,30,33,35)/t20-,25?/m1/s1. The molecule has 0 spiro atoms. The number of rotatable bonds is 8. The summed E-state index contributed by atoms with van der Waals surface area (Å²) in [6, 6.07) is 10.1. The van der Waals surface area contributed by atoms with Gasteiger partial charge in [-0.1, -0.05) is 0 Å². The Balaban J connectivity index is 1.22. The molecule has 3 aliphatic heterocycles. The molecule has 4 amide bonds. The minimum atomic E-state index is -0.654. The van der Waals surface area contributed by atoms with Crippen LogP contribution in [0, 0.1) is 0 Å². The number of likely N-dealkylation sites (tertiary alicyclic amines) is 1. The Labute approximate surface area is 227 Å². The van der Waals surface area contributed by atoms with Crippen LogP contribution in [0.25, 0.3) is 0 Å². The summed E-state index contributed by atoms with van der Waals surface area (Å²) in [6.45, 7) is 1.31. The maximum atomic E-state index is 13.3. The Morgan fingerprint density at radius 3 is 2.46 bits per heavy atom. The van der Waals surface area contributed by atoms with Gasteiger partial charge < -0.3 is 24.0 Å². The quantitative estimate of drug-likeness (QED) is 0.517. The highest BCUT2D eigenvalue weighted by Gasteiger charge is 2.39. The van der Waals surface area contributed by atoms with Crippen molar-refractivity contribution in [2.24, 2.45) is 0 Å². The summed E-state index contributed by atoms with van der Waals surface area (Å²) in [4.78, 5) is 53.5. The highest BCUT2D eigenvalue weighted by Crippen LogP contribution is 2.31. The minimum Gasteiger partial charge on any atom is -0.497 e. The zero-order chi connectivity index (χ0) is 27.5. The molecule has 2 aromatic rings. The van der Waals surface area contributed by atoms with Crippen LogP contribution < -0.4 is 19.5 Å². The van der Waals surface area contributed by atoms with Gasteiger partial charge in [-0.05, 0) is 67.1 Å². The lowest BCUT2D eigenvalue weighted by Crippen LogP contribution is -2.52. The van der Waals surface area contributed by atoms with Crippen molar-refractivity contribution in [1.29, 1.82) is 0 Å². The number of hydrogen-bond donors (Lipinski definition) is 1. The second-order valence-corrected chi connectivity index (χ2v) is 10.2. The fraction of sp³-hybridized carbons (Fsp3) is 0.448. The first-order valence-corrected chi connectivity index (χ1v) is 13.3. The smallest absolute Gasteiger partial charge is 0.255 e. The molecule has 0 saturated carbocycles. The highest BCUT2D eigenvalue weighted by atomic mass is 16.5. The van der Waals surface area contributed by atoms with Crippen LogP contribution in [-0.4, -0.2) is 72.9 Å². The van der Waals surface area contributed by atoms with Gasteiger partial charge in [0.1, 0.15) is 29.9 Å². The predicted molar refractivity (Wildman–Crippen MR) is 141 cm³/mol. The molecule has 2 atom stereocenters. The van der Waals surface area contributed by atoms with Gasteiger partial charge in [-0.15, -0.1) is 0 Å². The predicted octanol–water partition coefficient (Wildman–Crippen LogP) is 2.47. The number of carbonyl (C=O) groups excluding carboxylic acids is 4. The molecule has 3 aliphatic rings. The molecule has 2 saturated heterocycles. The average molecular weight is 536 g/mol. The van der Waals surface area contributed by atoms with Gasteiger partial charge in [0, 0.05) is 31.1 Å². The summed E-state index contributed by atoms with van der Waals surface area (Å²) in [7, 11) is 3.17. The van der Waals surface area contributed by atoms with Crippen molar-refractivity contribution < 1.29 is 33.4 Å². The van der Waals surface area contributed by atoms with Gasteiger partial charge in [0.15, 0.2) is 0 Å². The van der Waals surface area contributed by atoms with E-state index in [9.17, 15) is 19.2 Å². The lowest BCUT2D eigenvalue weighted by Gasteiger charge is -2.35. The van der Waals surface area contributed by atoms with Crippen LogP contribution in [0.15, 0.2) is 36.4 Å². The van der Waals surface area contributed by atoms with Crippen molar-refractivity contribution in [3.63, 3.8) is 0 Å². The van der Waals surface area contributed by atoms with E-state index in [1.807, 2.05) is 23.1 Å². The Hall–Kier alpha value is -4.08. The summed E-state index contributed by atoms with van der Waals surface area (Å²) in [6.07, 6.45) is 3.58. The zero-order valence-electron chi connectivity index (χ0n) is 22.2. The molecular formula is C29H33N3O7. The number of fused-ring (bicyclic) bond motifs is 1. The minimum absolute atomic E-state index is 0.0260. The molecule has 0 aliphatic carbocycles. The maximum Gasteiger partial charge on any atom is 0.255 e. The lowest BCUT2D eigenvalue weighted by atomic mass is 10.0. The van der Waals surface area contributed by atoms with Gasteiger partial charge >= 0.3 is 0 Å². The van der Waals surface area contributed by atoms with Gasteiger partial charge in [0.05, 0.1) is 26.7 Å². The molecule has 1 N–H and O–H groups in total. The number of hydrogen-bond acceptors (Lipinski definition) is 7. The van der Waals surface area contributed by atoms with Crippen molar-refractivity contribution >= 4 is 23.6 Å². The van der Waals surface area contributed by atoms with Crippen LogP contribution in [0.1, 0.15) is 53.6 Å². The van der Waals surface area contributed by atoms with Crippen molar-refractivity contribution in [3.05, 3.63) is 53.1 Å². The number of benzene rings is 2. The SMILES string of the molecule is COc1cc(CC(=O)N2CCCC[C@@H]2COc2ccc3c(c2)CN(C2CCC(=O)NC2=O)C3=O)cc(OC)c1. The number of imide groups is 1. The van der Waals surface area contributed by atoms with E-state index in [4.69, 9.17) is 14.2 Å². The molecule has 0 radical (unpaired) electrons. The average Bonchev–Trinajstić information content (AvgIpc) is 3.26. The third-order valence-corrected chi connectivity index (χ3v) is 7.65. The first-order valence-electron chi connectivity index (χ1n) is 13.3. The third-order valence-electron chi connectivity index (χ3n) is 7.65. The fourth-order valence-electron chi connectivity index (χ4n) is 5.58. The molecular weight excluding hydrogens is 502 g/mol. The number of piperidine rings is 2. The molecule has 2 fully saturated rings. The molecule has 5 rings (SSSR count). The number of ether oxygens (including phenoxy) is 3. The summed E-state index contributed by atoms with van der Waals surface area (Å²) in [5.74, 6) is 0.959. The topological polar surface area (TPSA) is 114 Å². The van der Waals surface area contributed by atoms with Crippen molar-refractivity contribution in [3.8, 4) is 17.2 Å². The van der Waals surface area contributed by atoms with Crippen molar-refractivity contribution in [2.75, 3.05) is 27.4 Å². The van der Waals surface area contributed by atoms with Crippen molar-refractivity contribution in [2.45, 2.75) is 57.2 Å². The maximum absolute atomic E-state index is 13.3. The van der Waals surface area contributed by atoms with Gasteiger partial charge in [0.2, 0.25) is 17.7 Å². The van der Waals surface area contributed by atoms with E-state index in [0.717, 1.165) is 30.4 Å². The largest absolute Gasteiger partial charge is 0.497 e. The molecule has 10 heteroatoms. The van der Waals surface area contributed by atoms with Crippen LogP contribution in [0.5, 0.6) is 17.2 Å². The van der Waals surface area contributed by atoms with Crippen molar-refractivity contribution in [1.82, 2.24) is 15.1 Å². The molecule has 0 bridgehead atoms. The van der Waals surface area contributed by atoms with Gasteiger partial charge in [-0.25, -0.2) is 0 Å². The second kappa shape index (κ2) is 11.3. The van der Waals surface area contributed by atoms with Gasteiger partial charge in [0.25, 0.3) is 5.91 Å². The number of nitrogens with one attached hydrogen (secondary N) is 1. The van der Waals surface area contributed by atoms with Crippen LogP contribution in [0.3, 0.4) is 0 Å². The molecule has 2 aromatic carbocycles. The molecule has 1 unspecified atom stereocenters. The fourth-order valence-corrected chi connectivity index (χ4v) is 5.58. The molecule has 39 heavy (non-hydrogen) atoms. The van der Waals surface area contributed by atoms with E-state index in [-0.39, 0.29) is 43.1 Å². The number of nitrogens with zero attached hydrogens (tertiary/aromatic N) is 2. The first kappa shape index (κ1) is 26.5. The molecule has 3 heterocycles. The number of methoxy groups -OCH3 is 2. The van der Waals surface area contributed by atoms with E-state index >= 15 is 0 Å².